The van der Waals surface area contributed by atoms with Gasteiger partial charge in [-0.25, -0.2) is 0 Å². The van der Waals surface area contributed by atoms with Gasteiger partial charge in [0.2, 0.25) is 5.91 Å². The number of rotatable bonds is 7. The molecule has 0 unspecified atom stereocenters. The van der Waals surface area contributed by atoms with Crippen LogP contribution < -0.4 is 0 Å². The van der Waals surface area contributed by atoms with Crippen molar-refractivity contribution in [3.8, 4) is 11.8 Å². The third kappa shape index (κ3) is 6.97. The number of benzene rings is 1. The van der Waals surface area contributed by atoms with Gasteiger partial charge in [0.05, 0.1) is 0 Å². The van der Waals surface area contributed by atoms with Crippen LogP contribution in [0.5, 0.6) is 0 Å². The standard InChI is InChI=1S/C18H25NO2/c1-3-4-5-6-12-18(21)19(2)15-17-10-7-9-16(14-17)11-8-13-20/h7,9-10,14,20H,3-6,12-13,15H2,1-2H3. The van der Waals surface area contributed by atoms with E-state index in [9.17, 15) is 4.79 Å². The number of amides is 1. The molecule has 0 bridgehead atoms. The first-order valence-corrected chi connectivity index (χ1v) is 7.60. The van der Waals surface area contributed by atoms with Crippen molar-refractivity contribution >= 4 is 5.91 Å². The van der Waals surface area contributed by atoms with Crippen LogP contribution in [0.15, 0.2) is 24.3 Å². The van der Waals surface area contributed by atoms with Crippen molar-refractivity contribution < 1.29 is 9.90 Å². The van der Waals surface area contributed by atoms with E-state index in [4.69, 9.17) is 5.11 Å². The minimum atomic E-state index is -0.139. The molecule has 0 spiro atoms. The molecule has 1 amide bonds. The summed E-state index contributed by atoms with van der Waals surface area (Å²) in [6, 6.07) is 7.78. The fourth-order valence-electron chi connectivity index (χ4n) is 2.14. The van der Waals surface area contributed by atoms with Gasteiger partial charge in [-0.05, 0) is 24.1 Å². The van der Waals surface area contributed by atoms with Crippen LogP contribution in [0.3, 0.4) is 0 Å². The monoisotopic (exact) mass is 287 g/mol. The molecule has 0 aliphatic carbocycles. The van der Waals surface area contributed by atoms with Gasteiger partial charge in [0.15, 0.2) is 0 Å². The number of unbranched alkanes of at least 4 members (excludes halogenated alkanes) is 3. The topological polar surface area (TPSA) is 40.5 Å². The molecule has 1 N–H and O–H groups in total. The molecule has 0 radical (unpaired) electrons. The van der Waals surface area contributed by atoms with Crippen LogP contribution in [-0.4, -0.2) is 29.6 Å². The van der Waals surface area contributed by atoms with E-state index in [-0.39, 0.29) is 12.5 Å². The zero-order chi connectivity index (χ0) is 15.5. The van der Waals surface area contributed by atoms with E-state index < -0.39 is 0 Å². The van der Waals surface area contributed by atoms with Gasteiger partial charge in [0.25, 0.3) is 0 Å². The van der Waals surface area contributed by atoms with Crippen molar-refractivity contribution in [1.82, 2.24) is 4.90 Å². The van der Waals surface area contributed by atoms with E-state index in [1.807, 2.05) is 31.3 Å². The molecular weight excluding hydrogens is 262 g/mol. The van der Waals surface area contributed by atoms with Gasteiger partial charge < -0.3 is 10.0 Å². The first kappa shape index (κ1) is 17.3. The molecule has 0 saturated heterocycles. The predicted octanol–water partition coefficient (Wildman–Crippen LogP) is 2.96. The Balaban J connectivity index is 2.50. The highest BCUT2D eigenvalue weighted by Gasteiger charge is 2.08. The number of aliphatic hydroxyl groups excluding tert-OH is 1. The lowest BCUT2D eigenvalue weighted by Gasteiger charge is -2.17. The molecular formula is C18H25NO2. The molecule has 3 heteroatoms. The number of nitrogens with zero attached hydrogens (tertiary/aromatic N) is 1. The molecule has 0 fully saturated rings. The molecule has 1 aromatic carbocycles. The maximum absolute atomic E-state index is 12.0. The number of carbonyl (C=O) groups is 1. The molecule has 1 aromatic rings. The summed E-state index contributed by atoms with van der Waals surface area (Å²) >= 11 is 0. The number of aliphatic hydroxyl groups is 1. The molecule has 3 nitrogen and oxygen atoms in total. The maximum Gasteiger partial charge on any atom is 0.222 e. The maximum atomic E-state index is 12.0. The second-order valence-electron chi connectivity index (χ2n) is 5.22. The van der Waals surface area contributed by atoms with Crippen LogP contribution in [0.25, 0.3) is 0 Å². The summed E-state index contributed by atoms with van der Waals surface area (Å²) in [5.74, 6) is 5.71. The lowest BCUT2D eigenvalue weighted by atomic mass is 10.1. The quantitative estimate of drug-likeness (QED) is 0.619. The van der Waals surface area contributed by atoms with Crippen LogP contribution in [0.4, 0.5) is 0 Å². The lowest BCUT2D eigenvalue weighted by molar-refractivity contribution is -0.130. The van der Waals surface area contributed by atoms with Crippen molar-refractivity contribution in [2.75, 3.05) is 13.7 Å². The Morgan fingerprint density at radius 1 is 1.29 bits per heavy atom. The smallest absolute Gasteiger partial charge is 0.222 e. The van der Waals surface area contributed by atoms with Gasteiger partial charge in [-0.3, -0.25) is 4.79 Å². The summed E-state index contributed by atoms with van der Waals surface area (Å²) in [4.78, 5) is 13.8. The molecule has 0 atom stereocenters. The van der Waals surface area contributed by atoms with Gasteiger partial charge in [0.1, 0.15) is 6.61 Å². The third-order valence-electron chi connectivity index (χ3n) is 3.33. The first-order chi connectivity index (χ1) is 10.2. The SMILES string of the molecule is CCCCCCC(=O)N(C)Cc1cccc(C#CCO)c1. The van der Waals surface area contributed by atoms with E-state index in [2.05, 4.69) is 18.8 Å². The van der Waals surface area contributed by atoms with Gasteiger partial charge in [-0.1, -0.05) is 50.2 Å². The largest absolute Gasteiger partial charge is 0.384 e. The van der Waals surface area contributed by atoms with Gasteiger partial charge in [0, 0.05) is 25.6 Å². The summed E-state index contributed by atoms with van der Waals surface area (Å²) in [5, 5.41) is 8.71. The second-order valence-corrected chi connectivity index (χ2v) is 5.22. The molecule has 0 aliphatic heterocycles. The highest BCUT2D eigenvalue weighted by molar-refractivity contribution is 5.75. The third-order valence-corrected chi connectivity index (χ3v) is 3.33. The second kappa shape index (κ2) is 10.0. The van der Waals surface area contributed by atoms with Crippen LogP contribution >= 0.6 is 0 Å². The molecule has 21 heavy (non-hydrogen) atoms. The molecule has 0 aliphatic rings. The van der Waals surface area contributed by atoms with Crippen molar-refractivity contribution in [3.63, 3.8) is 0 Å². The number of carbonyl (C=O) groups excluding carboxylic acids is 1. The van der Waals surface area contributed by atoms with Crippen LogP contribution in [0, 0.1) is 11.8 Å². The predicted molar refractivity (Wildman–Crippen MR) is 85.6 cm³/mol. The Labute approximate surface area is 128 Å². The Hall–Kier alpha value is -1.79. The summed E-state index contributed by atoms with van der Waals surface area (Å²) in [6.07, 6.45) is 5.11. The Morgan fingerprint density at radius 2 is 2.10 bits per heavy atom. The summed E-state index contributed by atoms with van der Waals surface area (Å²) < 4.78 is 0. The van der Waals surface area contributed by atoms with Gasteiger partial charge in [-0.15, -0.1) is 0 Å². The summed E-state index contributed by atoms with van der Waals surface area (Å²) in [7, 11) is 1.84. The van der Waals surface area contributed by atoms with E-state index >= 15 is 0 Å². The highest BCUT2D eigenvalue weighted by atomic mass is 16.2. The molecule has 114 valence electrons. The fraction of sp³-hybridized carbons (Fsp3) is 0.500. The Kier molecular flexibility index (Phi) is 8.23. The van der Waals surface area contributed by atoms with Crippen LogP contribution in [-0.2, 0) is 11.3 Å². The average molecular weight is 287 g/mol. The highest BCUT2D eigenvalue weighted by Crippen LogP contribution is 2.09. The zero-order valence-corrected chi connectivity index (χ0v) is 13.1. The fourth-order valence-corrected chi connectivity index (χ4v) is 2.14. The van der Waals surface area contributed by atoms with Crippen molar-refractivity contribution in [2.45, 2.75) is 45.6 Å². The van der Waals surface area contributed by atoms with Crippen molar-refractivity contribution in [3.05, 3.63) is 35.4 Å². The zero-order valence-electron chi connectivity index (χ0n) is 13.1. The number of hydrogen-bond donors (Lipinski definition) is 1. The van der Waals surface area contributed by atoms with Gasteiger partial charge in [-0.2, -0.15) is 0 Å². The Bertz CT molecular complexity index is 499. The van der Waals surface area contributed by atoms with Crippen LogP contribution in [0.1, 0.15) is 50.2 Å². The number of hydrogen-bond acceptors (Lipinski definition) is 2. The van der Waals surface area contributed by atoms with Crippen LogP contribution in [0.2, 0.25) is 0 Å². The van der Waals surface area contributed by atoms with E-state index in [1.54, 1.807) is 4.90 Å². The molecule has 0 saturated carbocycles. The minimum absolute atomic E-state index is 0.139. The van der Waals surface area contributed by atoms with Crippen molar-refractivity contribution in [2.24, 2.45) is 0 Å². The molecule has 0 heterocycles. The first-order valence-electron chi connectivity index (χ1n) is 7.60. The average Bonchev–Trinajstić information content (AvgIpc) is 2.49. The van der Waals surface area contributed by atoms with E-state index in [1.165, 1.54) is 12.8 Å². The molecule has 1 rings (SSSR count). The van der Waals surface area contributed by atoms with E-state index in [0.29, 0.717) is 13.0 Å². The minimum Gasteiger partial charge on any atom is -0.384 e. The lowest BCUT2D eigenvalue weighted by Crippen LogP contribution is -2.25. The van der Waals surface area contributed by atoms with Gasteiger partial charge >= 0.3 is 0 Å². The summed E-state index contributed by atoms with van der Waals surface area (Å²) in [6.45, 7) is 2.63. The summed E-state index contributed by atoms with van der Waals surface area (Å²) in [5.41, 5.74) is 1.93. The Morgan fingerprint density at radius 3 is 2.81 bits per heavy atom. The normalized spacial score (nSPS) is 9.86. The molecule has 0 aromatic heterocycles. The van der Waals surface area contributed by atoms with E-state index in [0.717, 1.165) is 24.0 Å². The van der Waals surface area contributed by atoms with Crippen molar-refractivity contribution in [1.29, 1.82) is 0 Å².